The molecule has 312 valence electrons. The summed E-state index contributed by atoms with van der Waals surface area (Å²) < 4.78 is 77.9. The molecule has 1 amide bonds. The maximum Gasteiger partial charge on any atom is 0.418 e. The lowest BCUT2D eigenvalue weighted by Gasteiger charge is -2.26. The normalized spacial score (nSPS) is 12.2. The molecule has 0 spiro atoms. The molecule has 0 bridgehead atoms. The molecule has 5 rings (SSSR count). The lowest BCUT2D eigenvalue weighted by molar-refractivity contribution is -0.137. The molecule has 1 atom stereocenters. The van der Waals surface area contributed by atoms with Gasteiger partial charge in [0.15, 0.2) is 0 Å². The number of nitrogens with zero attached hydrogens (tertiary/aromatic N) is 1. The Morgan fingerprint density at radius 3 is 2.22 bits per heavy atom. The first kappa shape index (κ1) is 45.0. The number of nitrogens with one attached hydrogen (secondary N) is 4. The van der Waals surface area contributed by atoms with E-state index in [4.69, 9.17) is 16.3 Å². The maximum atomic E-state index is 14.7. The van der Waals surface area contributed by atoms with E-state index < -0.39 is 55.8 Å². The first-order valence-corrected chi connectivity index (χ1v) is 21.4. The maximum absolute atomic E-state index is 14.7. The summed E-state index contributed by atoms with van der Waals surface area (Å²) in [5.41, 5.74) is 1.19. The largest absolute Gasteiger partial charge is 0.465 e. The number of thioether (sulfide) groups is 1. The highest BCUT2D eigenvalue weighted by atomic mass is 35.5. The lowest BCUT2D eigenvalue weighted by Crippen LogP contribution is -2.32. The number of hydrogen-bond acceptors (Lipinski definition) is 10. The van der Waals surface area contributed by atoms with E-state index in [1.807, 2.05) is 103 Å². The molecule has 5 aromatic carbocycles. The van der Waals surface area contributed by atoms with Crippen LogP contribution in [0.4, 0.5) is 24.5 Å². The second-order valence-electron chi connectivity index (χ2n) is 13.7. The third-order valence-corrected chi connectivity index (χ3v) is 11.8. The van der Waals surface area contributed by atoms with Crippen LogP contribution in [0, 0.1) is 0 Å². The van der Waals surface area contributed by atoms with Crippen LogP contribution >= 0.6 is 23.4 Å². The number of hydrogen-bond donors (Lipinski definition) is 4. The first-order chi connectivity index (χ1) is 28.1. The van der Waals surface area contributed by atoms with Crippen molar-refractivity contribution < 1.29 is 35.9 Å². The van der Waals surface area contributed by atoms with Gasteiger partial charge in [0.1, 0.15) is 0 Å². The number of benzene rings is 5. The standard InChI is InChI=1S/C43H45ClF3N5O5S2/c1-52(2)24-21-34(28-58-35-10-5-4-6-11-35)50-40-38(42(54)57-3)25-36(26-39(40)43(45,46)47)59(55,56)51-41(53)30-15-19-33(20-16-30)49-23-22-48-27-31-9-7-8-12-37(31)29-13-17-32(44)18-14-29/h4-20,25-26,34,48-50H,21-24,27-28H2,1-3H3,(H,51,53)/t34-/m1/s1. The van der Waals surface area contributed by atoms with Crippen LogP contribution in [0.15, 0.2) is 125 Å². The van der Waals surface area contributed by atoms with E-state index in [-0.39, 0.29) is 5.56 Å². The first-order valence-electron chi connectivity index (χ1n) is 18.5. The zero-order chi connectivity index (χ0) is 42.6. The van der Waals surface area contributed by atoms with Crippen molar-refractivity contribution in [2.24, 2.45) is 0 Å². The van der Waals surface area contributed by atoms with E-state index >= 15 is 0 Å². The molecule has 0 saturated heterocycles. The number of sulfonamides is 1. The molecule has 0 radical (unpaired) electrons. The number of rotatable bonds is 19. The van der Waals surface area contributed by atoms with Crippen molar-refractivity contribution in [2.45, 2.75) is 35.0 Å². The SMILES string of the molecule is COC(=O)c1cc(S(=O)(=O)NC(=O)c2ccc(NCCNCc3ccccc3-c3ccc(Cl)cc3)cc2)cc(C(F)(F)F)c1N[C@H](CCN(C)C)CSc1ccccc1. The molecular formula is C43H45ClF3N5O5S2. The lowest BCUT2D eigenvalue weighted by atomic mass is 10.00. The average molecular weight is 868 g/mol. The predicted octanol–water partition coefficient (Wildman–Crippen LogP) is 8.66. The summed E-state index contributed by atoms with van der Waals surface area (Å²) in [6, 6.07) is 31.5. The fourth-order valence-electron chi connectivity index (χ4n) is 6.03. The topological polar surface area (TPSA) is 129 Å². The minimum atomic E-state index is -5.10. The molecule has 10 nitrogen and oxygen atoms in total. The number of halogens is 4. The Balaban J connectivity index is 1.26. The number of carbonyl (C=O) groups excluding carboxylic acids is 2. The predicted molar refractivity (Wildman–Crippen MR) is 229 cm³/mol. The fraction of sp³-hybridized carbons (Fsp3) is 0.256. The van der Waals surface area contributed by atoms with Crippen molar-refractivity contribution in [3.05, 3.63) is 143 Å². The Morgan fingerprint density at radius 1 is 0.881 bits per heavy atom. The van der Waals surface area contributed by atoms with Gasteiger partial charge in [-0.15, -0.1) is 11.8 Å². The monoisotopic (exact) mass is 867 g/mol. The van der Waals surface area contributed by atoms with Crippen molar-refractivity contribution >= 4 is 56.6 Å². The third-order valence-electron chi connectivity index (χ3n) is 9.09. The Morgan fingerprint density at radius 2 is 1.56 bits per heavy atom. The molecule has 0 heterocycles. The zero-order valence-electron chi connectivity index (χ0n) is 32.6. The highest BCUT2D eigenvalue weighted by Gasteiger charge is 2.39. The third kappa shape index (κ3) is 13.0. The van der Waals surface area contributed by atoms with Gasteiger partial charge in [-0.1, -0.05) is 66.2 Å². The minimum Gasteiger partial charge on any atom is -0.465 e. The van der Waals surface area contributed by atoms with E-state index in [1.165, 1.54) is 23.9 Å². The van der Waals surface area contributed by atoms with Gasteiger partial charge in [-0.3, -0.25) is 4.79 Å². The number of carbonyl (C=O) groups is 2. The van der Waals surface area contributed by atoms with Crippen molar-refractivity contribution in [1.29, 1.82) is 0 Å². The fourth-order valence-corrected chi connectivity index (χ4v) is 8.18. The van der Waals surface area contributed by atoms with Gasteiger partial charge in [0, 0.05) is 52.6 Å². The molecule has 59 heavy (non-hydrogen) atoms. The molecule has 0 aromatic heterocycles. The minimum absolute atomic E-state index is 0.0572. The molecule has 5 aromatic rings. The molecule has 4 N–H and O–H groups in total. The van der Waals surface area contributed by atoms with Crippen molar-refractivity contribution in [2.75, 3.05) is 57.2 Å². The Kier molecular flexibility index (Phi) is 15.8. The number of anilines is 2. The van der Waals surface area contributed by atoms with Crippen molar-refractivity contribution in [3.63, 3.8) is 0 Å². The molecule has 0 unspecified atom stereocenters. The van der Waals surface area contributed by atoms with Gasteiger partial charge in [0.25, 0.3) is 15.9 Å². The van der Waals surface area contributed by atoms with Gasteiger partial charge >= 0.3 is 12.1 Å². The van der Waals surface area contributed by atoms with E-state index in [1.54, 1.807) is 12.1 Å². The molecular weight excluding hydrogens is 823 g/mol. The Bertz CT molecular complexity index is 2300. The average Bonchev–Trinajstić information content (AvgIpc) is 3.21. The van der Waals surface area contributed by atoms with Gasteiger partial charge < -0.3 is 25.6 Å². The van der Waals surface area contributed by atoms with Crippen molar-refractivity contribution in [1.82, 2.24) is 14.9 Å². The van der Waals surface area contributed by atoms with Gasteiger partial charge in [0.05, 0.1) is 28.8 Å². The van der Waals surface area contributed by atoms with Crippen LogP contribution in [0.1, 0.15) is 38.3 Å². The van der Waals surface area contributed by atoms with Crippen LogP contribution in [0.3, 0.4) is 0 Å². The van der Waals surface area contributed by atoms with Gasteiger partial charge in [-0.25, -0.2) is 17.9 Å². The summed E-state index contributed by atoms with van der Waals surface area (Å²) in [4.78, 5) is 28.0. The van der Waals surface area contributed by atoms with Crippen LogP contribution in [-0.2, 0) is 27.5 Å². The number of alkyl halides is 3. The summed E-state index contributed by atoms with van der Waals surface area (Å²) in [5, 5.41) is 10.2. The highest BCUT2D eigenvalue weighted by Crippen LogP contribution is 2.40. The number of ether oxygens (including phenoxy) is 1. The van der Waals surface area contributed by atoms with Gasteiger partial charge in [0.2, 0.25) is 0 Å². The van der Waals surface area contributed by atoms with E-state index in [0.717, 1.165) is 34.8 Å². The zero-order valence-corrected chi connectivity index (χ0v) is 35.0. The molecule has 0 saturated carbocycles. The summed E-state index contributed by atoms with van der Waals surface area (Å²) in [6.07, 6.45) is -4.70. The van der Waals surface area contributed by atoms with Crippen LogP contribution in [-0.4, -0.2) is 77.8 Å². The molecule has 0 fully saturated rings. The highest BCUT2D eigenvalue weighted by molar-refractivity contribution is 7.99. The Hall–Kier alpha value is -5.06. The van der Waals surface area contributed by atoms with E-state index in [0.29, 0.717) is 55.1 Å². The Labute approximate surface area is 351 Å². The van der Waals surface area contributed by atoms with Crippen LogP contribution in [0.2, 0.25) is 5.02 Å². The van der Waals surface area contributed by atoms with E-state index in [9.17, 15) is 31.2 Å². The smallest absolute Gasteiger partial charge is 0.418 e. The summed E-state index contributed by atoms with van der Waals surface area (Å²) in [5.74, 6) is -1.93. The van der Waals surface area contributed by atoms with Gasteiger partial charge in [-0.05, 0) is 104 Å². The quantitative estimate of drug-likeness (QED) is 0.0364. The summed E-state index contributed by atoms with van der Waals surface area (Å²) >= 11 is 7.47. The van der Waals surface area contributed by atoms with Gasteiger partial charge in [-0.2, -0.15) is 13.2 Å². The molecule has 0 aliphatic heterocycles. The number of amides is 1. The molecule has 0 aliphatic rings. The second-order valence-corrected chi connectivity index (χ2v) is 16.9. The van der Waals surface area contributed by atoms with Crippen LogP contribution in [0.5, 0.6) is 0 Å². The van der Waals surface area contributed by atoms with E-state index in [2.05, 4.69) is 16.0 Å². The summed E-state index contributed by atoms with van der Waals surface area (Å²) in [6.45, 7) is 2.25. The molecule has 0 aliphatic carbocycles. The molecule has 16 heteroatoms. The second kappa shape index (κ2) is 20.8. The number of methoxy groups -OCH3 is 1. The van der Waals surface area contributed by atoms with Crippen molar-refractivity contribution in [3.8, 4) is 11.1 Å². The summed E-state index contributed by atoms with van der Waals surface area (Å²) in [7, 11) is -0.284. The van der Waals surface area contributed by atoms with Crippen LogP contribution < -0.4 is 20.7 Å². The number of esters is 1. The van der Waals surface area contributed by atoms with Crippen LogP contribution in [0.25, 0.3) is 11.1 Å².